The maximum atomic E-state index is 13.6. The normalized spacial score (nSPS) is 27.7. The molecule has 9 heteroatoms. The Balaban J connectivity index is 1.85. The van der Waals surface area contributed by atoms with Gasteiger partial charge in [-0.25, -0.2) is 4.79 Å². The summed E-state index contributed by atoms with van der Waals surface area (Å²) >= 11 is 6.47. The van der Waals surface area contributed by atoms with E-state index in [2.05, 4.69) is 15.1 Å². The van der Waals surface area contributed by atoms with Crippen molar-refractivity contribution in [2.45, 2.75) is 12.5 Å². The highest BCUT2D eigenvalue weighted by molar-refractivity contribution is 6.32. The molecule has 8 nitrogen and oxygen atoms in total. The average Bonchev–Trinajstić information content (AvgIpc) is 2.66. The number of halogens is 1. The Morgan fingerprint density at radius 3 is 2.82 bits per heavy atom. The number of piperazine rings is 1. The molecule has 1 aromatic rings. The summed E-state index contributed by atoms with van der Waals surface area (Å²) < 4.78 is 5.04. The van der Waals surface area contributed by atoms with Gasteiger partial charge in [0, 0.05) is 43.9 Å². The Morgan fingerprint density at radius 2 is 2.07 bits per heavy atom. The number of fused-ring (bicyclic) bond motifs is 4. The van der Waals surface area contributed by atoms with Crippen LogP contribution in [-0.4, -0.2) is 80.6 Å². The number of anilines is 1. The fourth-order valence-electron chi connectivity index (χ4n) is 4.56. The molecule has 0 bridgehead atoms. The maximum absolute atomic E-state index is 13.6. The molecular formula is C19H23ClN4O4. The number of carbonyl (C=O) groups excluding carboxylic acids is 3. The van der Waals surface area contributed by atoms with Gasteiger partial charge < -0.3 is 14.5 Å². The largest absolute Gasteiger partial charge is 0.383 e. The van der Waals surface area contributed by atoms with E-state index in [1.165, 1.54) is 7.11 Å². The Kier molecular flexibility index (Phi) is 4.81. The number of hydrogen-bond donors (Lipinski definition) is 1. The lowest BCUT2D eigenvalue weighted by atomic mass is 9.67. The lowest BCUT2D eigenvalue weighted by Gasteiger charge is -2.55. The predicted octanol–water partition coefficient (Wildman–Crippen LogP) is 0.728. The number of ether oxygens (including phenoxy) is 1. The second-order valence-electron chi connectivity index (χ2n) is 7.57. The van der Waals surface area contributed by atoms with Crippen molar-refractivity contribution in [2.24, 2.45) is 5.41 Å². The molecule has 4 amide bonds. The Labute approximate surface area is 168 Å². The van der Waals surface area contributed by atoms with Crippen molar-refractivity contribution in [3.8, 4) is 0 Å². The molecule has 1 N–H and O–H groups in total. The Bertz CT molecular complexity index is 847. The minimum absolute atomic E-state index is 0.0914. The first-order valence-electron chi connectivity index (χ1n) is 9.29. The fourth-order valence-corrected chi connectivity index (χ4v) is 4.80. The van der Waals surface area contributed by atoms with Gasteiger partial charge in [0.25, 0.3) is 0 Å². The monoisotopic (exact) mass is 406 g/mol. The van der Waals surface area contributed by atoms with Crippen LogP contribution in [0.15, 0.2) is 18.2 Å². The minimum atomic E-state index is -1.41. The van der Waals surface area contributed by atoms with Gasteiger partial charge in [0.2, 0.25) is 11.8 Å². The summed E-state index contributed by atoms with van der Waals surface area (Å²) in [5, 5.41) is 2.93. The lowest BCUT2D eigenvalue weighted by Crippen LogP contribution is -2.75. The highest BCUT2D eigenvalue weighted by Gasteiger charge is 2.62. The molecule has 0 saturated carbocycles. The van der Waals surface area contributed by atoms with Crippen LogP contribution in [0.3, 0.4) is 0 Å². The van der Waals surface area contributed by atoms with Crippen molar-refractivity contribution in [1.82, 2.24) is 15.1 Å². The number of rotatable bonds is 3. The summed E-state index contributed by atoms with van der Waals surface area (Å²) in [4.78, 5) is 44.5. The zero-order valence-electron chi connectivity index (χ0n) is 15.9. The number of nitrogens with zero attached hydrogens (tertiary/aromatic N) is 3. The Morgan fingerprint density at radius 1 is 1.29 bits per heavy atom. The standard InChI is InChI=1S/C19H23ClN4O4/c1-22-6-7-23-14-5-3-4-13(20)12(14)10-19(15(23)11-22)16(25)21-18(27)24(17(19)26)8-9-28-2/h3-5,15H,6-11H2,1-2H3,(H,21,25,27). The molecule has 1 spiro atoms. The molecule has 3 aliphatic rings. The number of carbonyl (C=O) groups is 3. The molecule has 0 aliphatic carbocycles. The van der Waals surface area contributed by atoms with E-state index in [1.54, 1.807) is 6.07 Å². The molecule has 2 atom stereocenters. The van der Waals surface area contributed by atoms with Gasteiger partial charge in [0.15, 0.2) is 5.41 Å². The van der Waals surface area contributed by atoms with Crippen molar-refractivity contribution in [3.63, 3.8) is 0 Å². The van der Waals surface area contributed by atoms with Crippen LogP contribution in [0.4, 0.5) is 10.5 Å². The molecule has 2 saturated heterocycles. The first-order chi connectivity index (χ1) is 13.4. The Hall–Kier alpha value is -2.16. The molecule has 3 aliphatic heterocycles. The van der Waals surface area contributed by atoms with Gasteiger partial charge in [-0.1, -0.05) is 17.7 Å². The summed E-state index contributed by atoms with van der Waals surface area (Å²) in [7, 11) is 3.47. The van der Waals surface area contributed by atoms with Crippen LogP contribution < -0.4 is 10.2 Å². The van der Waals surface area contributed by atoms with Crippen molar-refractivity contribution < 1.29 is 19.1 Å². The number of likely N-dealkylation sites (N-methyl/N-ethyl adjacent to an activating group) is 1. The second-order valence-corrected chi connectivity index (χ2v) is 7.97. The van der Waals surface area contributed by atoms with Gasteiger partial charge >= 0.3 is 6.03 Å². The summed E-state index contributed by atoms with van der Waals surface area (Å²) in [6.07, 6.45) is 0.165. The van der Waals surface area contributed by atoms with Gasteiger partial charge in [-0.15, -0.1) is 0 Å². The van der Waals surface area contributed by atoms with E-state index < -0.39 is 23.3 Å². The van der Waals surface area contributed by atoms with Gasteiger partial charge in [-0.05, 0) is 24.7 Å². The van der Waals surface area contributed by atoms with Crippen LogP contribution in [0, 0.1) is 5.41 Å². The number of methoxy groups -OCH3 is 1. The van der Waals surface area contributed by atoms with E-state index in [0.717, 1.165) is 22.7 Å². The SMILES string of the molecule is COCCN1C(=O)NC(=O)C2(Cc3c(Cl)cccc3N3CCN(C)CC32)C1=O. The molecule has 4 rings (SSSR count). The number of barbiturate groups is 1. The van der Waals surface area contributed by atoms with Crippen LogP contribution >= 0.6 is 11.6 Å². The third-order valence-electron chi connectivity index (χ3n) is 6.03. The van der Waals surface area contributed by atoms with Crippen LogP contribution in [0.1, 0.15) is 5.56 Å². The summed E-state index contributed by atoms with van der Waals surface area (Å²) in [5.74, 6) is -1.03. The molecule has 150 valence electrons. The van der Waals surface area contributed by atoms with Gasteiger partial charge in [0.1, 0.15) is 0 Å². The smallest absolute Gasteiger partial charge is 0.330 e. The van der Waals surface area contributed by atoms with Crippen LogP contribution in [-0.2, 0) is 20.7 Å². The summed E-state index contributed by atoms with van der Waals surface area (Å²) in [5.41, 5.74) is 0.320. The minimum Gasteiger partial charge on any atom is -0.383 e. The second kappa shape index (κ2) is 7.02. The zero-order chi connectivity index (χ0) is 20.1. The zero-order valence-corrected chi connectivity index (χ0v) is 16.7. The molecule has 3 heterocycles. The quantitative estimate of drug-likeness (QED) is 0.745. The van der Waals surface area contributed by atoms with Gasteiger partial charge in [-0.2, -0.15) is 0 Å². The first kappa shape index (κ1) is 19.2. The third-order valence-corrected chi connectivity index (χ3v) is 6.38. The topological polar surface area (TPSA) is 82.2 Å². The average molecular weight is 407 g/mol. The van der Waals surface area contributed by atoms with E-state index >= 15 is 0 Å². The molecule has 2 unspecified atom stereocenters. The van der Waals surface area contributed by atoms with Crippen molar-refractivity contribution in [2.75, 3.05) is 51.8 Å². The van der Waals surface area contributed by atoms with E-state index in [-0.39, 0.29) is 25.6 Å². The van der Waals surface area contributed by atoms with Crippen molar-refractivity contribution in [3.05, 3.63) is 28.8 Å². The fraction of sp³-hybridized carbons (Fsp3) is 0.526. The van der Waals surface area contributed by atoms with Gasteiger partial charge in [0.05, 0.1) is 19.2 Å². The van der Waals surface area contributed by atoms with Crippen LogP contribution in [0.25, 0.3) is 0 Å². The summed E-state index contributed by atoms with van der Waals surface area (Å²) in [6.45, 7) is 2.31. The van der Waals surface area contributed by atoms with Crippen molar-refractivity contribution in [1.29, 1.82) is 0 Å². The number of hydrogen-bond acceptors (Lipinski definition) is 6. The molecule has 0 aromatic heterocycles. The van der Waals surface area contributed by atoms with E-state index in [0.29, 0.717) is 18.1 Å². The lowest BCUT2D eigenvalue weighted by molar-refractivity contribution is -0.154. The number of nitrogens with one attached hydrogen (secondary N) is 1. The highest BCUT2D eigenvalue weighted by Crippen LogP contribution is 2.47. The maximum Gasteiger partial charge on any atom is 0.330 e. The number of imide groups is 2. The molecule has 28 heavy (non-hydrogen) atoms. The van der Waals surface area contributed by atoms with Crippen LogP contribution in [0.2, 0.25) is 5.02 Å². The number of benzene rings is 1. The molecule has 2 fully saturated rings. The molecule has 1 aromatic carbocycles. The van der Waals surface area contributed by atoms with Crippen molar-refractivity contribution >= 4 is 35.1 Å². The predicted molar refractivity (Wildman–Crippen MR) is 103 cm³/mol. The molecular weight excluding hydrogens is 384 g/mol. The van der Waals surface area contributed by atoms with E-state index in [4.69, 9.17) is 16.3 Å². The van der Waals surface area contributed by atoms with Crippen LogP contribution in [0.5, 0.6) is 0 Å². The third kappa shape index (κ3) is 2.70. The van der Waals surface area contributed by atoms with E-state index in [1.807, 2.05) is 19.2 Å². The summed E-state index contributed by atoms with van der Waals surface area (Å²) in [6, 6.07) is 4.54. The number of urea groups is 1. The van der Waals surface area contributed by atoms with Gasteiger partial charge in [-0.3, -0.25) is 19.8 Å². The number of amides is 4. The molecule has 0 radical (unpaired) electrons. The van der Waals surface area contributed by atoms with E-state index in [9.17, 15) is 14.4 Å². The first-order valence-corrected chi connectivity index (χ1v) is 9.67. The highest BCUT2D eigenvalue weighted by atomic mass is 35.5.